The summed E-state index contributed by atoms with van der Waals surface area (Å²) in [7, 11) is 1.57. The quantitative estimate of drug-likeness (QED) is 0.896. The summed E-state index contributed by atoms with van der Waals surface area (Å²) in [5, 5.41) is 6.84. The molecule has 0 spiro atoms. The van der Waals surface area contributed by atoms with Gasteiger partial charge >= 0.3 is 0 Å². The molecule has 0 radical (unpaired) electrons. The van der Waals surface area contributed by atoms with Crippen molar-refractivity contribution in [3.05, 3.63) is 22.7 Å². The van der Waals surface area contributed by atoms with Crippen molar-refractivity contribution >= 4 is 23.2 Å². The number of methoxy groups -OCH3 is 1. The van der Waals surface area contributed by atoms with E-state index in [4.69, 9.17) is 16.3 Å². The van der Waals surface area contributed by atoms with Gasteiger partial charge in [-0.05, 0) is 38.4 Å². The second-order valence-corrected chi connectivity index (χ2v) is 5.34. The van der Waals surface area contributed by atoms with Gasteiger partial charge in [-0.25, -0.2) is 0 Å². The van der Waals surface area contributed by atoms with E-state index in [1.54, 1.807) is 13.2 Å². The first-order valence-electron chi connectivity index (χ1n) is 6.41. The monoisotopic (exact) mass is 282 g/mol. The summed E-state index contributed by atoms with van der Waals surface area (Å²) in [6.45, 7) is 4.81. The van der Waals surface area contributed by atoms with E-state index in [9.17, 15) is 4.79 Å². The third-order valence-corrected chi connectivity index (χ3v) is 4.01. The maximum absolute atomic E-state index is 12.2. The largest absolute Gasteiger partial charge is 0.495 e. The normalized spacial score (nSPS) is 22.3. The molecule has 1 heterocycles. The van der Waals surface area contributed by atoms with Crippen molar-refractivity contribution in [3.8, 4) is 5.75 Å². The second-order valence-electron chi connectivity index (χ2n) is 4.93. The van der Waals surface area contributed by atoms with Crippen LogP contribution in [-0.4, -0.2) is 25.6 Å². The van der Waals surface area contributed by atoms with Crippen LogP contribution in [0.3, 0.4) is 0 Å². The van der Waals surface area contributed by atoms with Crippen LogP contribution in [0.2, 0.25) is 5.02 Å². The Bertz CT molecular complexity index is 491. The van der Waals surface area contributed by atoms with Crippen LogP contribution in [0.25, 0.3) is 0 Å². The molecule has 2 unspecified atom stereocenters. The lowest BCUT2D eigenvalue weighted by Crippen LogP contribution is -2.32. The zero-order valence-electron chi connectivity index (χ0n) is 11.4. The Hall–Kier alpha value is -1.26. The van der Waals surface area contributed by atoms with E-state index in [1.165, 1.54) is 0 Å². The minimum atomic E-state index is 0.000639. The number of nitrogens with one attached hydrogen (secondary N) is 2. The molecule has 1 amide bonds. The molecule has 1 aliphatic rings. The smallest absolute Gasteiger partial charge is 0.229 e. The molecule has 0 aromatic heterocycles. The summed E-state index contributed by atoms with van der Waals surface area (Å²) < 4.78 is 5.26. The van der Waals surface area contributed by atoms with Crippen LogP contribution in [0.15, 0.2) is 12.1 Å². The van der Waals surface area contributed by atoms with Crippen molar-refractivity contribution in [1.29, 1.82) is 0 Å². The van der Waals surface area contributed by atoms with Gasteiger partial charge in [-0.1, -0.05) is 11.6 Å². The first-order valence-corrected chi connectivity index (χ1v) is 6.79. The Kier molecular flexibility index (Phi) is 4.32. The molecular weight excluding hydrogens is 264 g/mol. The van der Waals surface area contributed by atoms with E-state index in [2.05, 4.69) is 10.6 Å². The molecule has 0 aliphatic carbocycles. The van der Waals surface area contributed by atoms with Gasteiger partial charge in [0.2, 0.25) is 5.91 Å². The predicted octanol–water partition coefficient (Wildman–Crippen LogP) is 2.59. The average Bonchev–Trinajstić information content (AvgIpc) is 2.79. The first-order chi connectivity index (χ1) is 9.02. The highest BCUT2D eigenvalue weighted by Crippen LogP contribution is 2.31. The molecule has 1 aromatic carbocycles. The van der Waals surface area contributed by atoms with Crippen molar-refractivity contribution < 1.29 is 9.53 Å². The van der Waals surface area contributed by atoms with Gasteiger partial charge in [0.05, 0.1) is 18.7 Å². The number of carbonyl (C=O) groups is 1. The second kappa shape index (κ2) is 5.80. The van der Waals surface area contributed by atoms with Gasteiger partial charge in [-0.2, -0.15) is 0 Å². The van der Waals surface area contributed by atoms with Crippen LogP contribution in [0.5, 0.6) is 5.75 Å². The highest BCUT2D eigenvalue weighted by molar-refractivity contribution is 6.31. The third kappa shape index (κ3) is 3.01. The van der Waals surface area contributed by atoms with Crippen LogP contribution < -0.4 is 15.4 Å². The Balaban J connectivity index is 2.18. The number of rotatable bonds is 3. The topological polar surface area (TPSA) is 50.4 Å². The Morgan fingerprint density at radius 3 is 2.84 bits per heavy atom. The lowest BCUT2D eigenvalue weighted by Gasteiger charge is -2.17. The number of hydrogen-bond acceptors (Lipinski definition) is 3. The maximum Gasteiger partial charge on any atom is 0.229 e. The third-order valence-electron chi connectivity index (χ3n) is 3.60. The molecule has 5 heteroatoms. The lowest BCUT2D eigenvalue weighted by molar-refractivity contribution is -0.120. The van der Waals surface area contributed by atoms with Crippen molar-refractivity contribution in [2.75, 3.05) is 19.0 Å². The number of aryl methyl sites for hydroxylation is 1. The lowest BCUT2D eigenvalue weighted by atomic mass is 10.0. The fourth-order valence-electron chi connectivity index (χ4n) is 2.37. The van der Waals surface area contributed by atoms with Gasteiger partial charge in [-0.3, -0.25) is 4.79 Å². The van der Waals surface area contributed by atoms with Crippen molar-refractivity contribution in [2.24, 2.45) is 5.92 Å². The molecule has 1 saturated heterocycles. The fraction of sp³-hybridized carbons (Fsp3) is 0.500. The summed E-state index contributed by atoms with van der Waals surface area (Å²) in [4.78, 5) is 12.2. The minimum Gasteiger partial charge on any atom is -0.495 e. The first kappa shape index (κ1) is 14.2. The molecule has 2 N–H and O–H groups in total. The number of amides is 1. The maximum atomic E-state index is 12.2. The van der Waals surface area contributed by atoms with Gasteiger partial charge in [0.1, 0.15) is 5.75 Å². The van der Waals surface area contributed by atoms with Crippen LogP contribution in [0, 0.1) is 12.8 Å². The Morgan fingerprint density at radius 1 is 1.53 bits per heavy atom. The highest BCUT2D eigenvalue weighted by atomic mass is 35.5. The molecule has 19 heavy (non-hydrogen) atoms. The van der Waals surface area contributed by atoms with Crippen LogP contribution in [-0.2, 0) is 4.79 Å². The van der Waals surface area contributed by atoms with Gasteiger partial charge in [0.15, 0.2) is 0 Å². The van der Waals surface area contributed by atoms with Crippen LogP contribution in [0.4, 0.5) is 5.69 Å². The van der Waals surface area contributed by atoms with E-state index in [-0.39, 0.29) is 17.9 Å². The molecule has 4 nitrogen and oxygen atoms in total. The number of anilines is 1. The van der Waals surface area contributed by atoms with Gasteiger partial charge in [0, 0.05) is 17.1 Å². The SMILES string of the molecule is COc1cc(Cl)c(C)cc1NC(=O)C1CCNC1C. The number of ether oxygens (including phenoxy) is 1. The van der Waals surface area contributed by atoms with Crippen molar-refractivity contribution in [2.45, 2.75) is 26.3 Å². The zero-order chi connectivity index (χ0) is 14.0. The Labute approximate surface area is 118 Å². The molecule has 104 valence electrons. The number of benzene rings is 1. The molecular formula is C14H19ClN2O2. The summed E-state index contributed by atoms with van der Waals surface area (Å²) >= 11 is 6.05. The molecule has 2 atom stereocenters. The summed E-state index contributed by atoms with van der Waals surface area (Å²) in [5.41, 5.74) is 1.59. The van der Waals surface area contributed by atoms with E-state index in [1.807, 2.05) is 19.9 Å². The molecule has 0 bridgehead atoms. The van der Waals surface area contributed by atoms with Crippen molar-refractivity contribution in [1.82, 2.24) is 5.32 Å². The Morgan fingerprint density at radius 2 is 2.26 bits per heavy atom. The van der Waals surface area contributed by atoms with Gasteiger partial charge < -0.3 is 15.4 Å². The van der Waals surface area contributed by atoms with Crippen molar-refractivity contribution in [3.63, 3.8) is 0 Å². The standard InChI is InChI=1S/C14H19ClN2O2/c1-8-6-12(13(19-3)7-11(8)15)17-14(18)10-4-5-16-9(10)2/h6-7,9-10,16H,4-5H2,1-3H3,(H,17,18). The predicted molar refractivity (Wildman–Crippen MR) is 76.9 cm³/mol. The summed E-state index contributed by atoms with van der Waals surface area (Å²) in [6, 6.07) is 3.77. The molecule has 0 saturated carbocycles. The van der Waals surface area contributed by atoms with Gasteiger partial charge in [0.25, 0.3) is 0 Å². The molecule has 1 aromatic rings. The van der Waals surface area contributed by atoms with E-state index >= 15 is 0 Å². The number of hydrogen-bond donors (Lipinski definition) is 2. The molecule has 2 rings (SSSR count). The number of carbonyl (C=O) groups excluding carboxylic acids is 1. The fourth-order valence-corrected chi connectivity index (χ4v) is 2.53. The van der Waals surface area contributed by atoms with Gasteiger partial charge in [-0.15, -0.1) is 0 Å². The van der Waals surface area contributed by atoms with Crippen LogP contribution >= 0.6 is 11.6 Å². The molecule has 1 fully saturated rings. The van der Waals surface area contributed by atoms with E-state index in [0.29, 0.717) is 16.5 Å². The number of halogens is 1. The highest BCUT2D eigenvalue weighted by Gasteiger charge is 2.29. The minimum absolute atomic E-state index is 0.000639. The summed E-state index contributed by atoms with van der Waals surface area (Å²) in [6.07, 6.45) is 0.863. The molecule has 1 aliphatic heterocycles. The van der Waals surface area contributed by atoms with Crippen LogP contribution in [0.1, 0.15) is 18.9 Å². The zero-order valence-corrected chi connectivity index (χ0v) is 12.2. The summed E-state index contributed by atoms with van der Waals surface area (Å²) in [5.74, 6) is 0.612. The van der Waals surface area contributed by atoms with E-state index in [0.717, 1.165) is 18.5 Å². The average molecular weight is 283 g/mol. The van der Waals surface area contributed by atoms with E-state index < -0.39 is 0 Å².